The van der Waals surface area contributed by atoms with Crippen molar-refractivity contribution in [2.75, 3.05) is 0 Å². The van der Waals surface area contributed by atoms with Gasteiger partial charge in [-0.2, -0.15) is 5.10 Å². The van der Waals surface area contributed by atoms with E-state index in [0.717, 1.165) is 0 Å². The number of carbonyl (C=O) groups is 1. The Kier molecular flexibility index (Phi) is 2.90. The predicted molar refractivity (Wildman–Crippen MR) is 53.3 cm³/mol. The third-order valence-corrected chi connectivity index (χ3v) is 2.26. The maximum atomic E-state index is 11.0. The summed E-state index contributed by atoms with van der Waals surface area (Å²) < 4.78 is 1.76. The Hall–Kier alpha value is -1.36. The Labute approximate surface area is 83.1 Å². The minimum Gasteiger partial charge on any atom is -0.368 e. The van der Waals surface area contributed by atoms with Crippen LogP contribution in [0.2, 0.25) is 0 Å². The summed E-state index contributed by atoms with van der Waals surface area (Å²) in [7, 11) is 0. The van der Waals surface area contributed by atoms with Gasteiger partial charge in [0.15, 0.2) is 0 Å². The van der Waals surface area contributed by atoms with Gasteiger partial charge in [0.05, 0.1) is 11.6 Å². The molecule has 0 radical (unpaired) electrons. The first-order chi connectivity index (χ1) is 6.43. The second-order valence-electron chi connectivity index (χ2n) is 3.82. The van der Waals surface area contributed by atoms with Crippen molar-refractivity contribution in [2.45, 2.75) is 31.8 Å². The lowest BCUT2D eigenvalue weighted by Gasteiger charge is -2.24. The highest BCUT2D eigenvalue weighted by atomic mass is 16.1. The first kappa shape index (κ1) is 10.7. The average Bonchev–Trinajstić information content (AvgIpc) is 2.54. The summed E-state index contributed by atoms with van der Waals surface area (Å²) in [6.07, 6.45) is 4.00. The molecule has 0 spiro atoms. The summed E-state index contributed by atoms with van der Waals surface area (Å²) in [5.74, 6) is -0.489. The van der Waals surface area contributed by atoms with Gasteiger partial charge in [-0.15, -0.1) is 0 Å². The lowest BCUT2D eigenvalue weighted by Crippen LogP contribution is -2.50. The van der Waals surface area contributed by atoms with Gasteiger partial charge in [-0.1, -0.05) is 0 Å². The van der Waals surface area contributed by atoms with Crippen molar-refractivity contribution in [3.05, 3.63) is 18.5 Å². The van der Waals surface area contributed by atoms with Gasteiger partial charge in [0.1, 0.15) is 0 Å². The Morgan fingerprint density at radius 3 is 2.79 bits per heavy atom. The SMILES string of the molecule is CC(CC(C)(N)C(N)=O)n1cccn1. The summed E-state index contributed by atoms with van der Waals surface area (Å²) in [6.45, 7) is 3.58. The number of amides is 1. The lowest BCUT2D eigenvalue weighted by atomic mass is 9.94. The predicted octanol–water partition coefficient (Wildman–Crippen LogP) is 0.0369. The van der Waals surface area contributed by atoms with Crippen LogP contribution in [-0.2, 0) is 4.79 Å². The van der Waals surface area contributed by atoms with E-state index in [0.29, 0.717) is 6.42 Å². The molecule has 4 N–H and O–H groups in total. The molecule has 78 valence electrons. The fourth-order valence-electron chi connectivity index (χ4n) is 1.35. The van der Waals surface area contributed by atoms with E-state index in [1.807, 2.05) is 19.2 Å². The van der Waals surface area contributed by atoms with E-state index in [2.05, 4.69) is 5.10 Å². The van der Waals surface area contributed by atoms with Crippen LogP contribution in [0.3, 0.4) is 0 Å². The molecule has 0 saturated heterocycles. The maximum Gasteiger partial charge on any atom is 0.237 e. The number of hydrogen-bond donors (Lipinski definition) is 2. The number of primary amides is 1. The molecule has 1 aromatic heterocycles. The average molecular weight is 196 g/mol. The van der Waals surface area contributed by atoms with Gasteiger partial charge >= 0.3 is 0 Å². The topological polar surface area (TPSA) is 86.9 Å². The Morgan fingerprint density at radius 2 is 2.36 bits per heavy atom. The molecular formula is C9H16N4O. The molecule has 14 heavy (non-hydrogen) atoms. The third kappa shape index (κ3) is 2.32. The van der Waals surface area contributed by atoms with Crippen LogP contribution >= 0.6 is 0 Å². The Bertz CT molecular complexity index is 305. The highest BCUT2D eigenvalue weighted by Gasteiger charge is 2.28. The summed E-state index contributed by atoms with van der Waals surface area (Å²) in [4.78, 5) is 11.0. The van der Waals surface area contributed by atoms with Crippen molar-refractivity contribution in [2.24, 2.45) is 11.5 Å². The van der Waals surface area contributed by atoms with Gasteiger partial charge in [0, 0.05) is 12.4 Å². The molecule has 0 fully saturated rings. The van der Waals surface area contributed by atoms with Crippen molar-refractivity contribution < 1.29 is 4.79 Å². The molecule has 5 nitrogen and oxygen atoms in total. The van der Waals surface area contributed by atoms with Crippen LogP contribution in [-0.4, -0.2) is 21.2 Å². The smallest absolute Gasteiger partial charge is 0.237 e. The number of hydrogen-bond acceptors (Lipinski definition) is 3. The molecule has 5 heteroatoms. The normalized spacial score (nSPS) is 17.4. The van der Waals surface area contributed by atoms with E-state index in [9.17, 15) is 4.79 Å². The number of aromatic nitrogens is 2. The van der Waals surface area contributed by atoms with Crippen LogP contribution in [0.25, 0.3) is 0 Å². The molecule has 0 aliphatic rings. The van der Waals surface area contributed by atoms with Crippen molar-refractivity contribution in [3.63, 3.8) is 0 Å². The monoisotopic (exact) mass is 196 g/mol. The highest BCUT2D eigenvalue weighted by molar-refractivity contribution is 5.83. The summed E-state index contributed by atoms with van der Waals surface area (Å²) >= 11 is 0. The molecule has 1 aromatic rings. The summed E-state index contributed by atoms with van der Waals surface area (Å²) in [5.41, 5.74) is 9.95. The highest BCUT2D eigenvalue weighted by Crippen LogP contribution is 2.17. The Morgan fingerprint density at radius 1 is 1.71 bits per heavy atom. The molecule has 1 rings (SSSR count). The van der Waals surface area contributed by atoms with E-state index < -0.39 is 11.4 Å². The summed E-state index contributed by atoms with van der Waals surface area (Å²) in [5, 5.41) is 4.07. The minimum atomic E-state index is -0.981. The van der Waals surface area contributed by atoms with Crippen LogP contribution in [0.1, 0.15) is 26.3 Å². The molecule has 1 heterocycles. The maximum absolute atomic E-state index is 11.0. The number of nitrogens with two attached hydrogens (primary N) is 2. The van der Waals surface area contributed by atoms with Crippen molar-refractivity contribution in [3.8, 4) is 0 Å². The molecule has 2 unspecified atom stereocenters. The lowest BCUT2D eigenvalue weighted by molar-refractivity contribution is -0.123. The number of carbonyl (C=O) groups excluding carboxylic acids is 1. The molecular weight excluding hydrogens is 180 g/mol. The van der Waals surface area contributed by atoms with Gasteiger partial charge in [0.25, 0.3) is 0 Å². The molecule has 0 saturated carbocycles. The van der Waals surface area contributed by atoms with Gasteiger partial charge in [-0.25, -0.2) is 0 Å². The van der Waals surface area contributed by atoms with Crippen LogP contribution in [0.15, 0.2) is 18.5 Å². The first-order valence-electron chi connectivity index (χ1n) is 4.51. The molecule has 0 aromatic carbocycles. The second kappa shape index (κ2) is 3.79. The number of rotatable bonds is 4. The molecule has 2 atom stereocenters. The van der Waals surface area contributed by atoms with Crippen LogP contribution < -0.4 is 11.5 Å². The van der Waals surface area contributed by atoms with E-state index >= 15 is 0 Å². The standard InChI is InChI=1S/C9H16N4O/c1-7(13-5-3-4-12-13)6-9(2,11)8(10)14/h3-5,7H,6,11H2,1-2H3,(H2,10,14). The largest absolute Gasteiger partial charge is 0.368 e. The van der Waals surface area contributed by atoms with Crippen molar-refractivity contribution in [1.29, 1.82) is 0 Å². The zero-order valence-electron chi connectivity index (χ0n) is 8.47. The van der Waals surface area contributed by atoms with Crippen molar-refractivity contribution in [1.82, 2.24) is 9.78 Å². The third-order valence-electron chi connectivity index (χ3n) is 2.26. The van der Waals surface area contributed by atoms with Gasteiger partial charge in [0.2, 0.25) is 5.91 Å². The van der Waals surface area contributed by atoms with Gasteiger partial charge < -0.3 is 11.5 Å². The summed E-state index contributed by atoms with van der Waals surface area (Å²) in [6, 6.07) is 1.89. The fraction of sp³-hybridized carbons (Fsp3) is 0.556. The zero-order valence-corrected chi connectivity index (χ0v) is 8.47. The Balaban J connectivity index is 2.66. The molecule has 0 aliphatic heterocycles. The van der Waals surface area contributed by atoms with Gasteiger partial charge in [-0.05, 0) is 26.3 Å². The molecule has 0 aliphatic carbocycles. The van der Waals surface area contributed by atoms with E-state index in [1.165, 1.54) is 0 Å². The van der Waals surface area contributed by atoms with E-state index in [1.54, 1.807) is 17.8 Å². The minimum absolute atomic E-state index is 0.0625. The van der Waals surface area contributed by atoms with Crippen LogP contribution in [0.4, 0.5) is 0 Å². The van der Waals surface area contributed by atoms with Crippen LogP contribution in [0, 0.1) is 0 Å². The van der Waals surface area contributed by atoms with Gasteiger partial charge in [-0.3, -0.25) is 9.48 Å². The first-order valence-corrected chi connectivity index (χ1v) is 4.51. The van der Waals surface area contributed by atoms with Crippen molar-refractivity contribution >= 4 is 5.91 Å². The second-order valence-corrected chi connectivity index (χ2v) is 3.82. The fourth-order valence-corrected chi connectivity index (χ4v) is 1.35. The number of nitrogens with zero attached hydrogens (tertiary/aromatic N) is 2. The van der Waals surface area contributed by atoms with Crippen LogP contribution in [0.5, 0.6) is 0 Å². The van der Waals surface area contributed by atoms with E-state index in [-0.39, 0.29) is 6.04 Å². The van der Waals surface area contributed by atoms with E-state index in [4.69, 9.17) is 11.5 Å². The molecule has 0 bridgehead atoms. The zero-order chi connectivity index (χ0) is 10.8. The molecule has 1 amide bonds. The quantitative estimate of drug-likeness (QED) is 0.712.